The van der Waals surface area contributed by atoms with E-state index in [1.165, 1.54) is 12.1 Å². The van der Waals surface area contributed by atoms with Gasteiger partial charge in [0.25, 0.3) is 0 Å². The van der Waals surface area contributed by atoms with Gasteiger partial charge in [-0.2, -0.15) is 4.39 Å². The number of hydrogen-bond acceptors (Lipinski definition) is 4. The molecule has 0 saturated carbocycles. The number of halogens is 1. The molecule has 2 rings (SSSR count). The zero-order valence-corrected chi connectivity index (χ0v) is 8.77. The van der Waals surface area contributed by atoms with Crippen LogP contribution in [0.4, 0.5) is 10.1 Å². The molecule has 1 aliphatic heterocycles. The van der Waals surface area contributed by atoms with E-state index in [2.05, 4.69) is 10.3 Å². The summed E-state index contributed by atoms with van der Waals surface area (Å²) in [7, 11) is 1.77. The van der Waals surface area contributed by atoms with Crippen molar-refractivity contribution in [2.24, 2.45) is 0 Å². The van der Waals surface area contributed by atoms with Crippen LogP contribution in [0.15, 0.2) is 12.1 Å². The minimum absolute atomic E-state index is 0.243. The van der Waals surface area contributed by atoms with Crippen molar-refractivity contribution in [2.45, 2.75) is 6.04 Å². The Kier molecular flexibility index (Phi) is 2.74. The second kappa shape index (κ2) is 4.05. The number of carboxylic acids is 1. The van der Waals surface area contributed by atoms with E-state index in [0.717, 1.165) is 13.1 Å². The fourth-order valence-corrected chi connectivity index (χ4v) is 1.55. The highest BCUT2D eigenvalue weighted by molar-refractivity contribution is 5.85. The molecule has 2 heterocycles. The Bertz CT molecular complexity index is 421. The normalized spacial score (nSPS) is 15.6. The molecule has 1 aromatic rings. The standard InChI is InChI=1S/C10H12FN3O2/c1-14(6-4-12-5-6)8-3-2-7(10(15)16)13-9(8)11/h2-3,6,12H,4-5H2,1H3,(H,15,16). The molecule has 5 nitrogen and oxygen atoms in total. The van der Waals surface area contributed by atoms with Crippen LogP contribution in [0.25, 0.3) is 0 Å². The van der Waals surface area contributed by atoms with Crippen molar-refractivity contribution in [1.82, 2.24) is 10.3 Å². The fourth-order valence-electron chi connectivity index (χ4n) is 1.55. The van der Waals surface area contributed by atoms with Gasteiger partial charge in [0.05, 0.1) is 11.7 Å². The first-order valence-corrected chi connectivity index (χ1v) is 4.93. The molecule has 0 aromatic carbocycles. The number of anilines is 1. The number of nitrogens with zero attached hydrogens (tertiary/aromatic N) is 2. The number of rotatable bonds is 3. The number of pyridine rings is 1. The molecule has 0 aliphatic carbocycles. The third-order valence-corrected chi connectivity index (χ3v) is 2.74. The van der Waals surface area contributed by atoms with E-state index in [1.807, 2.05) is 0 Å². The maximum absolute atomic E-state index is 13.5. The summed E-state index contributed by atoms with van der Waals surface area (Å²) in [6, 6.07) is 3.00. The molecular weight excluding hydrogens is 213 g/mol. The van der Waals surface area contributed by atoms with Crippen LogP contribution in [0.2, 0.25) is 0 Å². The molecule has 1 aromatic heterocycles. The summed E-state index contributed by atoms with van der Waals surface area (Å²) in [5.41, 5.74) is 0.0536. The summed E-state index contributed by atoms with van der Waals surface area (Å²) in [6.45, 7) is 1.60. The van der Waals surface area contributed by atoms with E-state index < -0.39 is 11.9 Å². The van der Waals surface area contributed by atoms with Crippen molar-refractivity contribution in [3.05, 3.63) is 23.8 Å². The first-order chi connectivity index (χ1) is 7.59. The molecular formula is C10H12FN3O2. The monoisotopic (exact) mass is 225 g/mol. The first-order valence-electron chi connectivity index (χ1n) is 4.93. The van der Waals surface area contributed by atoms with Crippen LogP contribution >= 0.6 is 0 Å². The second-order valence-electron chi connectivity index (χ2n) is 3.73. The summed E-state index contributed by atoms with van der Waals surface area (Å²) in [5, 5.41) is 11.7. The number of nitrogens with one attached hydrogen (secondary N) is 1. The SMILES string of the molecule is CN(c1ccc(C(=O)O)nc1F)C1CNC1. The van der Waals surface area contributed by atoms with Gasteiger partial charge in [0.15, 0.2) is 5.69 Å². The zero-order valence-electron chi connectivity index (χ0n) is 8.77. The maximum Gasteiger partial charge on any atom is 0.354 e. The van der Waals surface area contributed by atoms with Gasteiger partial charge in [0, 0.05) is 20.1 Å². The summed E-state index contributed by atoms with van der Waals surface area (Å²) in [6.07, 6.45) is 0. The Balaban J connectivity index is 2.24. The molecule has 0 bridgehead atoms. The van der Waals surface area contributed by atoms with Crippen molar-refractivity contribution in [2.75, 3.05) is 25.0 Å². The number of carbonyl (C=O) groups is 1. The van der Waals surface area contributed by atoms with Gasteiger partial charge in [-0.1, -0.05) is 0 Å². The number of carboxylic acid groups (broad SMARTS) is 1. The van der Waals surface area contributed by atoms with Crippen LogP contribution in [0.3, 0.4) is 0 Å². The van der Waals surface area contributed by atoms with Gasteiger partial charge in [0.1, 0.15) is 0 Å². The lowest BCUT2D eigenvalue weighted by molar-refractivity contribution is 0.0689. The lowest BCUT2D eigenvalue weighted by atomic mass is 10.1. The van der Waals surface area contributed by atoms with E-state index in [-0.39, 0.29) is 11.7 Å². The van der Waals surface area contributed by atoms with Crippen LogP contribution in [-0.2, 0) is 0 Å². The van der Waals surface area contributed by atoms with Gasteiger partial charge in [-0.3, -0.25) is 0 Å². The Labute approximate surface area is 91.9 Å². The molecule has 0 radical (unpaired) electrons. The smallest absolute Gasteiger partial charge is 0.354 e. The van der Waals surface area contributed by atoms with Crippen LogP contribution in [0.5, 0.6) is 0 Å². The van der Waals surface area contributed by atoms with Gasteiger partial charge < -0.3 is 15.3 Å². The number of likely N-dealkylation sites (N-methyl/N-ethyl adjacent to an activating group) is 1. The van der Waals surface area contributed by atoms with Gasteiger partial charge >= 0.3 is 5.97 Å². The lowest BCUT2D eigenvalue weighted by Crippen LogP contribution is -2.56. The molecule has 0 spiro atoms. The maximum atomic E-state index is 13.5. The molecule has 16 heavy (non-hydrogen) atoms. The van der Waals surface area contributed by atoms with E-state index in [1.54, 1.807) is 11.9 Å². The minimum Gasteiger partial charge on any atom is -0.477 e. The van der Waals surface area contributed by atoms with E-state index in [9.17, 15) is 9.18 Å². The van der Waals surface area contributed by atoms with Crippen LogP contribution in [-0.4, -0.2) is 42.2 Å². The summed E-state index contributed by atoms with van der Waals surface area (Å²) in [4.78, 5) is 15.8. The highest BCUT2D eigenvalue weighted by atomic mass is 19.1. The fraction of sp³-hybridized carbons (Fsp3) is 0.400. The summed E-state index contributed by atoms with van der Waals surface area (Å²) in [5.74, 6) is -1.97. The Hall–Kier alpha value is -1.69. The highest BCUT2D eigenvalue weighted by Crippen LogP contribution is 2.20. The Morgan fingerprint density at radius 1 is 1.62 bits per heavy atom. The van der Waals surface area contributed by atoms with Gasteiger partial charge in [-0.15, -0.1) is 0 Å². The van der Waals surface area contributed by atoms with Crippen molar-refractivity contribution in [3.63, 3.8) is 0 Å². The molecule has 1 saturated heterocycles. The minimum atomic E-state index is -1.22. The van der Waals surface area contributed by atoms with Crippen LogP contribution in [0, 0.1) is 5.95 Å². The van der Waals surface area contributed by atoms with Gasteiger partial charge in [-0.25, -0.2) is 9.78 Å². The molecule has 86 valence electrons. The van der Waals surface area contributed by atoms with Crippen molar-refractivity contribution in [3.8, 4) is 0 Å². The number of aromatic nitrogens is 1. The molecule has 0 amide bonds. The topological polar surface area (TPSA) is 65.5 Å². The van der Waals surface area contributed by atoms with Gasteiger partial charge in [-0.05, 0) is 12.1 Å². The van der Waals surface area contributed by atoms with Crippen molar-refractivity contribution < 1.29 is 14.3 Å². The lowest BCUT2D eigenvalue weighted by Gasteiger charge is -2.36. The average molecular weight is 225 g/mol. The predicted octanol–water partition coefficient (Wildman–Crippen LogP) is 0.327. The number of hydrogen-bond donors (Lipinski definition) is 2. The highest BCUT2D eigenvalue weighted by Gasteiger charge is 2.24. The second-order valence-corrected chi connectivity index (χ2v) is 3.73. The molecule has 6 heteroatoms. The van der Waals surface area contributed by atoms with Crippen LogP contribution < -0.4 is 10.2 Å². The zero-order chi connectivity index (χ0) is 11.7. The summed E-state index contributed by atoms with van der Waals surface area (Å²) >= 11 is 0. The molecule has 0 unspecified atom stereocenters. The molecule has 1 fully saturated rings. The van der Waals surface area contributed by atoms with E-state index >= 15 is 0 Å². The molecule has 1 aliphatic rings. The van der Waals surface area contributed by atoms with Crippen molar-refractivity contribution >= 4 is 11.7 Å². The first kappa shape index (κ1) is 10.8. The van der Waals surface area contributed by atoms with Crippen LogP contribution in [0.1, 0.15) is 10.5 Å². The van der Waals surface area contributed by atoms with E-state index in [0.29, 0.717) is 5.69 Å². The average Bonchev–Trinajstić information content (AvgIpc) is 2.14. The Morgan fingerprint density at radius 3 is 2.75 bits per heavy atom. The Morgan fingerprint density at radius 2 is 2.31 bits per heavy atom. The summed E-state index contributed by atoms with van der Waals surface area (Å²) < 4.78 is 13.5. The largest absolute Gasteiger partial charge is 0.477 e. The molecule has 0 atom stereocenters. The number of aromatic carboxylic acids is 1. The molecule has 2 N–H and O–H groups in total. The van der Waals surface area contributed by atoms with E-state index in [4.69, 9.17) is 5.11 Å². The third kappa shape index (κ3) is 1.83. The third-order valence-electron chi connectivity index (χ3n) is 2.74. The van der Waals surface area contributed by atoms with Gasteiger partial charge in [0.2, 0.25) is 5.95 Å². The quantitative estimate of drug-likeness (QED) is 0.725. The predicted molar refractivity (Wildman–Crippen MR) is 56.2 cm³/mol. The van der Waals surface area contributed by atoms with Crippen molar-refractivity contribution in [1.29, 1.82) is 0 Å².